The molecule has 1 aromatic heterocycles. The van der Waals surface area contributed by atoms with Gasteiger partial charge in [0.15, 0.2) is 12.7 Å². The van der Waals surface area contributed by atoms with Crippen LogP contribution in [0.15, 0.2) is 72.9 Å². The van der Waals surface area contributed by atoms with Crippen molar-refractivity contribution in [1.29, 1.82) is 0 Å². The first kappa shape index (κ1) is 17.7. The molecule has 0 saturated carbocycles. The quantitative estimate of drug-likeness (QED) is 0.450. The summed E-state index contributed by atoms with van der Waals surface area (Å²) in [6, 6.07) is 23.3. The first-order chi connectivity index (χ1) is 14.2. The van der Waals surface area contributed by atoms with E-state index in [0.717, 1.165) is 24.5 Å². The van der Waals surface area contributed by atoms with E-state index in [-0.39, 0.29) is 0 Å². The molecule has 3 aromatic carbocycles. The Morgan fingerprint density at radius 1 is 0.966 bits per heavy atom. The molecule has 0 spiro atoms. The van der Waals surface area contributed by atoms with Crippen LogP contribution < -0.4 is 14.0 Å². The molecule has 0 radical (unpaired) electrons. The van der Waals surface area contributed by atoms with Crippen molar-refractivity contribution in [3.63, 3.8) is 0 Å². The van der Waals surface area contributed by atoms with Crippen LogP contribution in [0.2, 0.25) is 0 Å². The summed E-state index contributed by atoms with van der Waals surface area (Å²) in [6.07, 6.45) is 3.27. The van der Waals surface area contributed by atoms with Crippen molar-refractivity contribution in [1.82, 2.24) is 0 Å². The molecule has 1 aliphatic heterocycles. The lowest BCUT2D eigenvalue weighted by Crippen LogP contribution is -2.40. The van der Waals surface area contributed by atoms with Crippen LogP contribution in [0.3, 0.4) is 0 Å². The molecular formula is C26H24NO2+. The number of hydrogen-bond acceptors (Lipinski definition) is 2. The molecular weight excluding hydrogens is 358 g/mol. The summed E-state index contributed by atoms with van der Waals surface area (Å²) in [6.45, 7) is 3.69. The van der Waals surface area contributed by atoms with Gasteiger partial charge in [-0.3, -0.25) is 0 Å². The number of hydrogen-bond donors (Lipinski definition) is 0. The second kappa shape index (κ2) is 7.25. The van der Waals surface area contributed by atoms with Gasteiger partial charge in [0, 0.05) is 23.6 Å². The predicted octanol–water partition coefficient (Wildman–Crippen LogP) is 5.25. The fourth-order valence-electron chi connectivity index (χ4n) is 4.22. The minimum Gasteiger partial charge on any atom is -0.496 e. The first-order valence-electron chi connectivity index (χ1n) is 10.0. The van der Waals surface area contributed by atoms with Gasteiger partial charge in [0.1, 0.15) is 18.1 Å². The highest BCUT2D eigenvalue weighted by Gasteiger charge is 2.24. The third-order valence-electron chi connectivity index (χ3n) is 5.83. The average Bonchev–Trinajstić information content (AvgIpc) is 2.77. The molecule has 0 unspecified atom stereocenters. The van der Waals surface area contributed by atoms with Crippen molar-refractivity contribution < 1.29 is 14.0 Å². The Balaban J connectivity index is 1.49. The maximum atomic E-state index is 6.04. The van der Waals surface area contributed by atoms with E-state index in [0.29, 0.717) is 6.61 Å². The highest BCUT2D eigenvalue weighted by atomic mass is 16.5. The van der Waals surface area contributed by atoms with E-state index in [1.165, 1.54) is 38.7 Å². The van der Waals surface area contributed by atoms with Gasteiger partial charge >= 0.3 is 0 Å². The third-order valence-corrected chi connectivity index (χ3v) is 5.83. The molecule has 0 amide bonds. The van der Waals surface area contributed by atoms with Crippen LogP contribution in [0.25, 0.3) is 22.0 Å². The van der Waals surface area contributed by atoms with Crippen LogP contribution in [-0.4, -0.2) is 7.11 Å². The Hall–Kier alpha value is -3.33. The smallest absolute Gasteiger partial charge is 0.213 e. The monoisotopic (exact) mass is 382 g/mol. The Labute approximate surface area is 171 Å². The zero-order valence-electron chi connectivity index (χ0n) is 16.8. The molecule has 2 heterocycles. The number of aromatic nitrogens is 1. The number of ether oxygens (including phenoxy) is 2. The van der Waals surface area contributed by atoms with E-state index >= 15 is 0 Å². The molecule has 0 fully saturated rings. The van der Waals surface area contributed by atoms with Crippen molar-refractivity contribution in [3.05, 3.63) is 89.6 Å². The van der Waals surface area contributed by atoms with E-state index in [9.17, 15) is 0 Å². The Morgan fingerprint density at radius 2 is 1.83 bits per heavy atom. The van der Waals surface area contributed by atoms with Crippen molar-refractivity contribution >= 4 is 10.8 Å². The fraction of sp³-hybridized carbons (Fsp3) is 0.192. The SMILES string of the molecule is COc1ccc2cc3[n+](cc2c1C)CCc1cc(OCc2ccccc2)ccc1-3. The van der Waals surface area contributed by atoms with Crippen molar-refractivity contribution in [2.24, 2.45) is 0 Å². The van der Waals surface area contributed by atoms with Gasteiger partial charge < -0.3 is 9.47 Å². The lowest BCUT2D eigenvalue weighted by Gasteiger charge is -2.17. The molecule has 4 aromatic rings. The summed E-state index contributed by atoms with van der Waals surface area (Å²) in [5, 5.41) is 2.49. The van der Waals surface area contributed by atoms with Crippen LogP contribution in [-0.2, 0) is 19.6 Å². The van der Waals surface area contributed by atoms with Crippen LogP contribution in [0.4, 0.5) is 0 Å². The van der Waals surface area contributed by atoms with Gasteiger partial charge in [0.05, 0.1) is 12.5 Å². The van der Waals surface area contributed by atoms with Crippen LogP contribution in [0.5, 0.6) is 11.5 Å². The van der Waals surface area contributed by atoms with E-state index in [4.69, 9.17) is 9.47 Å². The van der Waals surface area contributed by atoms with E-state index in [2.05, 4.69) is 66.2 Å². The molecule has 3 heteroatoms. The molecule has 0 atom stereocenters. The van der Waals surface area contributed by atoms with Crippen molar-refractivity contribution in [2.45, 2.75) is 26.5 Å². The zero-order valence-corrected chi connectivity index (χ0v) is 16.8. The second-order valence-electron chi connectivity index (χ2n) is 7.59. The van der Waals surface area contributed by atoms with Crippen LogP contribution in [0.1, 0.15) is 16.7 Å². The number of aryl methyl sites for hydroxylation is 3. The van der Waals surface area contributed by atoms with E-state index < -0.39 is 0 Å². The number of fused-ring (bicyclic) bond motifs is 4. The summed E-state index contributed by atoms with van der Waals surface area (Å²) in [7, 11) is 1.73. The normalized spacial score (nSPS) is 12.3. The van der Waals surface area contributed by atoms with Crippen molar-refractivity contribution in [2.75, 3.05) is 7.11 Å². The molecule has 0 N–H and O–H groups in total. The van der Waals surface area contributed by atoms with Crippen LogP contribution >= 0.6 is 0 Å². The lowest BCUT2D eigenvalue weighted by atomic mass is 9.95. The molecule has 5 rings (SSSR count). The summed E-state index contributed by atoms with van der Waals surface area (Å²) in [5.74, 6) is 1.87. The molecule has 29 heavy (non-hydrogen) atoms. The van der Waals surface area contributed by atoms with Crippen molar-refractivity contribution in [3.8, 4) is 22.8 Å². The zero-order chi connectivity index (χ0) is 19.8. The molecule has 0 aliphatic carbocycles. The second-order valence-corrected chi connectivity index (χ2v) is 7.59. The minimum atomic E-state index is 0.594. The Bertz CT molecular complexity index is 1200. The largest absolute Gasteiger partial charge is 0.496 e. The number of rotatable bonds is 4. The number of nitrogens with zero attached hydrogens (tertiary/aromatic N) is 1. The highest BCUT2D eigenvalue weighted by Crippen LogP contribution is 2.33. The molecule has 0 saturated heterocycles. The molecule has 1 aliphatic rings. The van der Waals surface area contributed by atoms with E-state index in [1.807, 2.05) is 18.2 Å². The van der Waals surface area contributed by atoms with Gasteiger partial charge in [0.25, 0.3) is 0 Å². The number of methoxy groups -OCH3 is 1. The minimum absolute atomic E-state index is 0.594. The van der Waals surface area contributed by atoms with Gasteiger partial charge in [-0.25, -0.2) is 0 Å². The van der Waals surface area contributed by atoms with Gasteiger partial charge in [0.2, 0.25) is 5.69 Å². The standard InChI is InChI=1S/C26H24NO2/c1-18-24-16-27-13-12-21-14-22(29-17-19-6-4-3-5-7-19)9-10-23(21)25(27)15-20(24)8-11-26(18)28-2/h3-11,14-16H,12-13,17H2,1-2H3/q+1. The number of pyridine rings is 1. The topological polar surface area (TPSA) is 22.3 Å². The Kier molecular flexibility index (Phi) is 4.44. The molecule has 3 nitrogen and oxygen atoms in total. The summed E-state index contributed by atoms with van der Waals surface area (Å²) < 4.78 is 13.9. The Morgan fingerprint density at radius 3 is 2.66 bits per heavy atom. The fourth-order valence-corrected chi connectivity index (χ4v) is 4.22. The summed E-state index contributed by atoms with van der Waals surface area (Å²) in [4.78, 5) is 0. The van der Waals surface area contributed by atoms with Crippen LogP contribution in [0, 0.1) is 6.92 Å². The first-order valence-corrected chi connectivity index (χ1v) is 10.0. The summed E-state index contributed by atoms with van der Waals surface area (Å²) >= 11 is 0. The van der Waals surface area contributed by atoms with Gasteiger partial charge in [-0.15, -0.1) is 0 Å². The van der Waals surface area contributed by atoms with Gasteiger partial charge in [-0.1, -0.05) is 36.4 Å². The summed E-state index contributed by atoms with van der Waals surface area (Å²) in [5.41, 5.74) is 6.27. The van der Waals surface area contributed by atoms with E-state index in [1.54, 1.807) is 7.11 Å². The molecule has 0 bridgehead atoms. The third kappa shape index (κ3) is 3.23. The predicted molar refractivity (Wildman–Crippen MR) is 115 cm³/mol. The maximum absolute atomic E-state index is 6.04. The number of benzene rings is 3. The lowest BCUT2D eigenvalue weighted by molar-refractivity contribution is -0.686. The average molecular weight is 382 g/mol. The maximum Gasteiger partial charge on any atom is 0.213 e. The highest BCUT2D eigenvalue weighted by molar-refractivity contribution is 5.88. The van der Waals surface area contributed by atoms with Gasteiger partial charge in [-0.05, 0) is 47.7 Å². The molecule has 144 valence electrons. The van der Waals surface area contributed by atoms with Gasteiger partial charge in [-0.2, -0.15) is 4.57 Å².